The highest BCUT2D eigenvalue weighted by Crippen LogP contribution is 2.44. The summed E-state index contributed by atoms with van der Waals surface area (Å²) in [6, 6.07) is 9.73. The van der Waals surface area contributed by atoms with Gasteiger partial charge in [-0.1, -0.05) is 19.3 Å². The first-order valence-electron chi connectivity index (χ1n) is 12.2. The Kier molecular flexibility index (Phi) is 6.15. The molecule has 184 valence electrons. The van der Waals surface area contributed by atoms with Crippen LogP contribution >= 0.6 is 0 Å². The van der Waals surface area contributed by atoms with Crippen molar-refractivity contribution in [2.24, 2.45) is 11.8 Å². The molecule has 5 nitrogen and oxygen atoms in total. The highest BCUT2D eigenvalue weighted by atomic mass is 19.4. The maximum absolute atomic E-state index is 13.8. The van der Waals surface area contributed by atoms with Crippen LogP contribution in [0, 0.1) is 18.8 Å². The summed E-state index contributed by atoms with van der Waals surface area (Å²) in [4.78, 5) is 24.1. The summed E-state index contributed by atoms with van der Waals surface area (Å²) in [5.41, 5.74) is 7.68. The molecule has 2 saturated carbocycles. The molecular weight excluding hydrogens is 453 g/mol. The normalized spacial score (nSPS) is 22.2. The van der Waals surface area contributed by atoms with Crippen LogP contribution in [-0.4, -0.2) is 26.8 Å². The fourth-order valence-electron chi connectivity index (χ4n) is 5.78. The Morgan fingerprint density at radius 1 is 1.09 bits per heavy atom. The predicted molar refractivity (Wildman–Crippen MR) is 128 cm³/mol. The third kappa shape index (κ3) is 4.83. The summed E-state index contributed by atoms with van der Waals surface area (Å²) in [6.07, 6.45) is 3.00. The largest absolute Gasteiger partial charge is 0.417 e. The van der Waals surface area contributed by atoms with E-state index in [0.717, 1.165) is 48.4 Å². The van der Waals surface area contributed by atoms with E-state index in [1.165, 1.54) is 25.3 Å². The Morgan fingerprint density at radius 2 is 1.89 bits per heavy atom. The first-order valence-corrected chi connectivity index (χ1v) is 12.2. The van der Waals surface area contributed by atoms with Crippen LogP contribution in [0.1, 0.15) is 65.7 Å². The maximum Gasteiger partial charge on any atom is 0.417 e. The van der Waals surface area contributed by atoms with Gasteiger partial charge in [-0.25, -0.2) is 4.98 Å². The van der Waals surface area contributed by atoms with Crippen LogP contribution in [0.3, 0.4) is 0 Å². The molecule has 1 aromatic carbocycles. The summed E-state index contributed by atoms with van der Waals surface area (Å²) >= 11 is 0. The molecule has 0 unspecified atom stereocenters. The molecule has 35 heavy (non-hydrogen) atoms. The number of benzene rings is 1. The number of nitrogen functional groups attached to an aromatic ring is 1. The van der Waals surface area contributed by atoms with E-state index in [9.17, 15) is 18.0 Å². The third-order valence-corrected chi connectivity index (χ3v) is 7.74. The van der Waals surface area contributed by atoms with Crippen molar-refractivity contribution in [2.45, 2.75) is 64.2 Å². The number of amides is 1. The number of fused-ring (bicyclic) bond motifs is 2. The molecule has 0 radical (unpaired) electrons. The minimum absolute atomic E-state index is 0.0351. The van der Waals surface area contributed by atoms with Crippen LogP contribution in [0.25, 0.3) is 10.9 Å². The SMILES string of the molecule is Cc1cc2cc(C(=O)N(Cc3ccc(C(F)(F)F)cn3)[C@@H]3CC[C@@H]4CCC[C@H]4C3)ccc2nc1N. The quantitative estimate of drug-likeness (QED) is 0.484. The number of halogens is 3. The first kappa shape index (κ1) is 23.6. The van der Waals surface area contributed by atoms with Gasteiger partial charge in [-0.05, 0) is 80.0 Å². The number of carbonyl (C=O) groups is 1. The zero-order chi connectivity index (χ0) is 24.7. The Morgan fingerprint density at radius 3 is 2.63 bits per heavy atom. The fraction of sp³-hybridized carbons (Fsp3) is 0.444. The number of pyridine rings is 2. The molecule has 0 bridgehead atoms. The van der Waals surface area contributed by atoms with Crippen LogP contribution in [-0.2, 0) is 12.7 Å². The lowest BCUT2D eigenvalue weighted by molar-refractivity contribution is -0.137. The summed E-state index contributed by atoms with van der Waals surface area (Å²) in [7, 11) is 0. The van der Waals surface area contributed by atoms with E-state index in [1.807, 2.05) is 24.0 Å². The molecule has 3 atom stereocenters. The van der Waals surface area contributed by atoms with Gasteiger partial charge in [0, 0.05) is 23.2 Å². The van der Waals surface area contributed by atoms with Gasteiger partial charge in [0.2, 0.25) is 0 Å². The maximum atomic E-state index is 13.8. The topological polar surface area (TPSA) is 72.1 Å². The van der Waals surface area contributed by atoms with Gasteiger partial charge in [0.15, 0.2) is 0 Å². The van der Waals surface area contributed by atoms with Crippen LogP contribution in [0.2, 0.25) is 0 Å². The van der Waals surface area contributed by atoms with Gasteiger partial charge in [0.05, 0.1) is 23.3 Å². The van der Waals surface area contributed by atoms with E-state index >= 15 is 0 Å². The second-order valence-electron chi connectivity index (χ2n) is 9.98. The van der Waals surface area contributed by atoms with Gasteiger partial charge < -0.3 is 10.6 Å². The van der Waals surface area contributed by atoms with E-state index in [0.29, 0.717) is 28.5 Å². The number of aromatic nitrogens is 2. The standard InChI is InChI=1S/C27H29F3N4O/c1-16-11-20-12-19(6-10-24(20)33-25(16)31)26(35)34(23-9-5-17-3-2-4-18(17)13-23)15-22-8-7-21(14-32-22)27(28,29)30/h6-8,10-12,14,17-18,23H,2-5,9,13,15H2,1H3,(H2,31,33)/t17-,18-,23+/m0/s1. The van der Waals surface area contributed by atoms with E-state index in [1.54, 1.807) is 12.1 Å². The number of carbonyl (C=O) groups excluding carboxylic acids is 1. The third-order valence-electron chi connectivity index (χ3n) is 7.74. The van der Waals surface area contributed by atoms with Gasteiger partial charge in [0.1, 0.15) is 5.82 Å². The summed E-state index contributed by atoms with van der Waals surface area (Å²) < 4.78 is 39.0. The van der Waals surface area contributed by atoms with Gasteiger partial charge in [-0.3, -0.25) is 9.78 Å². The Labute approximate surface area is 202 Å². The minimum Gasteiger partial charge on any atom is -0.383 e. The minimum atomic E-state index is -4.44. The summed E-state index contributed by atoms with van der Waals surface area (Å²) in [5.74, 6) is 1.66. The number of anilines is 1. The zero-order valence-electron chi connectivity index (χ0n) is 19.7. The van der Waals surface area contributed by atoms with Gasteiger partial charge in [-0.2, -0.15) is 13.2 Å². The molecule has 3 aromatic rings. The monoisotopic (exact) mass is 482 g/mol. The van der Waals surface area contributed by atoms with Crippen molar-refractivity contribution in [3.05, 3.63) is 65.0 Å². The number of hydrogen-bond donors (Lipinski definition) is 1. The van der Waals surface area contributed by atoms with Crippen molar-refractivity contribution in [2.75, 3.05) is 5.73 Å². The molecule has 2 N–H and O–H groups in total. The molecule has 0 spiro atoms. The Hall–Kier alpha value is -3.16. The van der Waals surface area contributed by atoms with E-state index in [-0.39, 0.29) is 18.5 Å². The second-order valence-corrected chi connectivity index (χ2v) is 9.98. The Balaban J connectivity index is 1.46. The number of aryl methyl sites for hydroxylation is 1. The van der Waals surface area contributed by atoms with Crippen molar-refractivity contribution in [1.82, 2.24) is 14.9 Å². The van der Waals surface area contributed by atoms with E-state index in [2.05, 4.69) is 9.97 Å². The molecule has 5 rings (SSSR count). The number of rotatable bonds is 4. The van der Waals surface area contributed by atoms with Gasteiger partial charge in [0.25, 0.3) is 5.91 Å². The summed E-state index contributed by atoms with van der Waals surface area (Å²) in [6.45, 7) is 2.05. The molecule has 0 saturated heterocycles. The number of hydrogen-bond acceptors (Lipinski definition) is 4. The molecular formula is C27H29F3N4O. The zero-order valence-corrected chi connectivity index (χ0v) is 19.7. The van der Waals surface area contributed by atoms with E-state index < -0.39 is 11.7 Å². The lowest BCUT2D eigenvalue weighted by Crippen LogP contribution is -2.43. The van der Waals surface area contributed by atoms with Crippen LogP contribution < -0.4 is 5.73 Å². The van der Waals surface area contributed by atoms with Crippen molar-refractivity contribution in [3.63, 3.8) is 0 Å². The van der Waals surface area contributed by atoms with Crippen LogP contribution in [0.5, 0.6) is 0 Å². The molecule has 0 aliphatic heterocycles. The highest BCUT2D eigenvalue weighted by Gasteiger charge is 2.38. The average Bonchev–Trinajstić information content (AvgIpc) is 3.30. The lowest BCUT2D eigenvalue weighted by atomic mass is 9.78. The lowest BCUT2D eigenvalue weighted by Gasteiger charge is -2.39. The molecule has 2 aromatic heterocycles. The van der Waals surface area contributed by atoms with Crippen molar-refractivity contribution < 1.29 is 18.0 Å². The van der Waals surface area contributed by atoms with Gasteiger partial charge in [-0.15, -0.1) is 0 Å². The van der Waals surface area contributed by atoms with Crippen molar-refractivity contribution in [3.8, 4) is 0 Å². The van der Waals surface area contributed by atoms with Gasteiger partial charge >= 0.3 is 6.18 Å². The average molecular weight is 483 g/mol. The number of nitrogens with zero attached hydrogens (tertiary/aromatic N) is 3. The van der Waals surface area contributed by atoms with Crippen molar-refractivity contribution >= 4 is 22.6 Å². The van der Waals surface area contributed by atoms with Crippen LogP contribution in [0.15, 0.2) is 42.6 Å². The highest BCUT2D eigenvalue weighted by molar-refractivity contribution is 5.98. The smallest absolute Gasteiger partial charge is 0.383 e. The number of nitrogens with two attached hydrogens (primary N) is 1. The van der Waals surface area contributed by atoms with Crippen LogP contribution in [0.4, 0.5) is 19.0 Å². The molecule has 2 fully saturated rings. The number of alkyl halides is 3. The first-order chi connectivity index (χ1) is 16.7. The molecule has 2 heterocycles. The molecule has 1 amide bonds. The predicted octanol–water partition coefficient (Wildman–Crippen LogP) is 6.15. The summed E-state index contributed by atoms with van der Waals surface area (Å²) in [5, 5.41) is 0.828. The Bertz CT molecular complexity index is 1240. The van der Waals surface area contributed by atoms with E-state index in [4.69, 9.17) is 5.73 Å². The molecule has 2 aliphatic rings. The molecule has 2 aliphatic carbocycles. The van der Waals surface area contributed by atoms with Crippen molar-refractivity contribution in [1.29, 1.82) is 0 Å². The second kappa shape index (κ2) is 9.13. The fourth-order valence-corrected chi connectivity index (χ4v) is 5.78. The molecule has 8 heteroatoms.